The average Bonchev–Trinajstić information content (AvgIpc) is 2.03. The van der Waals surface area contributed by atoms with Crippen LogP contribution in [0.2, 0.25) is 0 Å². The fraction of sp³-hybridized carbons (Fsp3) is 1.00. The highest BCUT2D eigenvalue weighted by atomic mass is 16.3. The lowest BCUT2D eigenvalue weighted by Gasteiger charge is -2.35. The Morgan fingerprint density at radius 2 is 2.00 bits per heavy atom. The maximum atomic E-state index is 9.48. The molecule has 1 aliphatic carbocycles. The highest BCUT2D eigenvalue weighted by molar-refractivity contribution is 4.79. The summed E-state index contributed by atoms with van der Waals surface area (Å²) < 4.78 is 0. The standard InChI is InChI=1S/C10H21NO/c1-8(2)11(3)9-5-4-6-10(12)7-9/h8-10,12H,4-7H2,1-3H3. The fourth-order valence-electron chi connectivity index (χ4n) is 1.93. The van der Waals surface area contributed by atoms with E-state index in [1.165, 1.54) is 12.8 Å². The Hall–Kier alpha value is -0.0800. The SMILES string of the molecule is CC(C)N(C)C1CCCC(O)C1. The van der Waals surface area contributed by atoms with Gasteiger partial charge >= 0.3 is 0 Å². The topological polar surface area (TPSA) is 23.5 Å². The van der Waals surface area contributed by atoms with Crippen molar-refractivity contribution in [2.75, 3.05) is 7.05 Å². The van der Waals surface area contributed by atoms with Crippen molar-refractivity contribution in [2.45, 2.75) is 57.7 Å². The molecule has 2 nitrogen and oxygen atoms in total. The average molecular weight is 171 g/mol. The molecular formula is C10H21NO. The highest BCUT2D eigenvalue weighted by Crippen LogP contribution is 2.23. The Labute approximate surface area is 75.6 Å². The van der Waals surface area contributed by atoms with Gasteiger partial charge in [0.1, 0.15) is 0 Å². The predicted octanol–water partition coefficient (Wildman–Crippen LogP) is 1.63. The lowest BCUT2D eigenvalue weighted by atomic mass is 9.91. The maximum absolute atomic E-state index is 9.48. The molecule has 12 heavy (non-hydrogen) atoms. The Bertz CT molecular complexity index is 136. The molecule has 0 aromatic carbocycles. The lowest BCUT2D eigenvalue weighted by molar-refractivity contribution is 0.0613. The van der Waals surface area contributed by atoms with Gasteiger partial charge in [-0.05, 0) is 46.6 Å². The van der Waals surface area contributed by atoms with E-state index in [4.69, 9.17) is 0 Å². The molecule has 0 saturated heterocycles. The van der Waals surface area contributed by atoms with Crippen LogP contribution in [0, 0.1) is 0 Å². The zero-order valence-corrected chi connectivity index (χ0v) is 8.45. The third-order valence-corrected chi connectivity index (χ3v) is 3.01. The van der Waals surface area contributed by atoms with Gasteiger partial charge in [-0.15, -0.1) is 0 Å². The van der Waals surface area contributed by atoms with Gasteiger partial charge in [-0.1, -0.05) is 0 Å². The van der Waals surface area contributed by atoms with Gasteiger partial charge in [-0.25, -0.2) is 0 Å². The number of hydrogen-bond donors (Lipinski definition) is 1. The zero-order valence-electron chi connectivity index (χ0n) is 8.45. The molecule has 0 amide bonds. The van der Waals surface area contributed by atoms with Crippen LogP contribution in [-0.2, 0) is 0 Å². The summed E-state index contributed by atoms with van der Waals surface area (Å²) in [6.07, 6.45) is 4.36. The van der Waals surface area contributed by atoms with Crippen LogP contribution < -0.4 is 0 Å². The van der Waals surface area contributed by atoms with E-state index in [9.17, 15) is 5.11 Å². The highest BCUT2D eigenvalue weighted by Gasteiger charge is 2.24. The van der Waals surface area contributed by atoms with E-state index in [1.54, 1.807) is 0 Å². The number of hydrogen-bond acceptors (Lipinski definition) is 2. The van der Waals surface area contributed by atoms with Gasteiger partial charge < -0.3 is 10.0 Å². The van der Waals surface area contributed by atoms with E-state index in [1.807, 2.05) is 0 Å². The minimum atomic E-state index is -0.0510. The summed E-state index contributed by atoms with van der Waals surface area (Å²) in [4.78, 5) is 2.38. The molecule has 2 heteroatoms. The molecule has 0 aromatic rings. The molecular weight excluding hydrogens is 150 g/mol. The molecule has 1 aliphatic rings. The van der Waals surface area contributed by atoms with Crippen LogP contribution in [0.4, 0.5) is 0 Å². The molecule has 1 saturated carbocycles. The quantitative estimate of drug-likeness (QED) is 0.682. The molecule has 0 spiro atoms. The first-order valence-electron chi connectivity index (χ1n) is 5.01. The van der Waals surface area contributed by atoms with Crippen molar-refractivity contribution in [3.8, 4) is 0 Å². The monoisotopic (exact) mass is 171 g/mol. The molecule has 2 unspecified atom stereocenters. The van der Waals surface area contributed by atoms with Crippen LogP contribution >= 0.6 is 0 Å². The molecule has 72 valence electrons. The largest absolute Gasteiger partial charge is 0.393 e. The molecule has 2 atom stereocenters. The molecule has 1 N–H and O–H groups in total. The summed E-state index contributed by atoms with van der Waals surface area (Å²) in [6.45, 7) is 4.42. The normalized spacial score (nSPS) is 31.5. The Morgan fingerprint density at radius 3 is 2.50 bits per heavy atom. The first-order chi connectivity index (χ1) is 5.61. The van der Waals surface area contributed by atoms with Crippen molar-refractivity contribution in [3.05, 3.63) is 0 Å². The second-order valence-electron chi connectivity index (χ2n) is 4.23. The third-order valence-electron chi connectivity index (χ3n) is 3.01. The van der Waals surface area contributed by atoms with Crippen molar-refractivity contribution >= 4 is 0 Å². The van der Waals surface area contributed by atoms with E-state index in [-0.39, 0.29) is 6.10 Å². The van der Waals surface area contributed by atoms with Crippen molar-refractivity contribution in [2.24, 2.45) is 0 Å². The van der Waals surface area contributed by atoms with Gasteiger partial charge in [-0.2, -0.15) is 0 Å². The summed E-state index contributed by atoms with van der Waals surface area (Å²) >= 11 is 0. The molecule has 0 aromatic heterocycles. The molecule has 0 aliphatic heterocycles. The van der Waals surface area contributed by atoms with Crippen LogP contribution in [-0.4, -0.2) is 35.2 Å². The number of aliphatic hydroxyl groups excluding tert-OH is 1. The molecule has 0 bridgehead atoms. The molecule has 0 heterocycles. The maximum Gasteiger partial charge on any atom is 0.0555 e. The Morgan fingerprint density at radius 1 is 1.33 bits per heavy atom. The summed E-state index contributed by atoms with van der Waals surface area (Å²) in [5, 5.41) is 9.48. The second-order valence-corrected chi connectivity index (χ2v) is 4.23. The molecule has 0 radical (unpaired) electrons. The van der Waals surface area contributed by atoms with E-state index in [0.29, 0.717) is 12.1 Å². The molecule has 1 rings (SSSR count). The van der Waals surface area contributed by atoms with E-state index >= 15 is 0 Å². The third kappa shape index (κ3) is 2.46. The molecule has 1 fully saturated rings. The van der Waals surface area contributed by atoms with Crippen LogP contribution in [0.15, 0.2) is 0 Å². The first-order valence-corrected chi connectivity index (χ1v) is 5.01. The fourth-order valence-corrected chi connectivity index (χ4v) is 1.93. The Kier molecular flexibility index (Phi) is 3.53. The summed E-state index contributed by atoms with van der Waals surface area (Å²) in [7, 11) is 2.16. The van der Waals surface area contributed by atoms with Gasteiger partial charge in [0.05, 0.1) is 6.10 Å². The lowest BCUT2D eigenvalue weighted by Crippen LogP contribution is -2.41. The number of nitrogens with zero attached hydrogens (tertiary/aromatic N) is 1. The summed E-state index contributed by atoms with van der Waals surface area (Å²) in [5.74, 6) is 0. The van der Waals surface area contributed by atoms with Crippen LogP contribution in [0.5, 0.6) is 0 Å². The van der Waals surface area contributed by atoms with Crippen LogP contribution in [0.25, 0.3) is 0 Å². The summed E-state index contributed by atoms with van der Waals surface area (Å²) in [5.41, 5.74) is 0. The van der Waals surface area contributed by atoms with Crippen molar-refractivity contribution in [1.29, 1.82) is 0 Å². The Balaban J connectivity index is 2.40. The van der Waals surface area contributed by atoms with Gasteiger partial charge in [0.15, 0.2) is 0 Å². The number of rotatable bonds is 2. The first kappa shape index (κ1) is 10.0. The van der Waals surface area contributed by atoms with Crippen molar-refractivity contribution in [3.63, 3.8) is 0 Å². The zero-order chi connectivity index (χ0) is 9.14. The second kappa shape index (κ2) is 4.24. The van der Waals surface area contributed by atoms with Crippen LogP contribution in [0.3, 0.4) is 0 Å². The minimum Gasteiger partial charge on any atom is -0.393 e. The van der Waals surface area contributed by atoms with Crippen LogP contribution in [0.1, 0.15) is 39.5 Å². The number of aliphatic hydroxyl groups is 1. The summed E-state index contributed by atoms with van der Waals surface area (Å²) in [6, 6.07) is 1.20. The van der Waals surface area contributed by atoms with Crippen molar-refractivity contribution in [1.82, 2.24) is 4.90 Å². The minimum absolute atomic E-state index is 0.0510. The van der Waals surface area contributed by atoms with E-state index < -0.39 is 0 Å². The van der Waals surface area contributed by atoms with E-state index in [2.05, 4.69) is 25.8 Å². The van der Waals surface area contributed by atoms with Gasteiger partial charge in [-0.3, -0.25) is 0 Å². The predicted molar refractivity (Wildman–Crippen MR) is 51.2 cm³/mol. The van der Waals surface area contributed by atoms with Gasteiger partial charge in [0, 0.05) is 12.1 Å². The smallest absolute Gasteiger partial charge is 0.0555 e. The van der Waals surface area contributed by atoms with E-state index in [0.717, 1.165) is 12.8 Å². The van der Waals surface area contributed by atoms with Crippen molar-refractivity contribution < 1.29 is 5.11 Å². The van der Waals surface area contributed by atoms with Gasteiger partial charge in [0.2, 0.25) is 0 Å². The van der Waals surface area contributed by atoms with Gasteiger partial charge in [0.25, 0.3) is 0 Å².